The summed E-state index contributed by atoms with van der Waals surface area (Å²) >= 11 is 0. The van der Waals surface area contributed by atoms with Crippen molar-refractivity contribution in [2.45, 2.75) is 452 Å². The van der Waals surface area contributed by atoms with Crippen molar-refractivity contribution in [3.63, 3.8) is 0 Å². The molecule has 3 rings (SSSR count). The van der Waals surface area contributed by atoms with Crippen LogP contribution in [0.5, 0.6) is 0 Å². The first-order chi connectivity index (χ1) is 53.3. The Kier molecular flexibility index (Phi) is 63.7. The molecule has 0 aromatic rings. The Labute approximate surface area is 661 Å². The number of unbranched alkanes of at least 4 members (excludes halogenated alkanes) is 41. The van der Waals surface area contributed by atoms with Gasteiger partial charge < -0.3 is 89.9 Å². The lowest BCUT2D eigenvalue weighted by molar-refractivity contribution is -0.379. The van der Waals surface area contributed by atoms with E-state index in [0.29, 0.717) is 12.8 Å². The van der Waals surface area contributed by atoms with E-state index in [9.17, 15) is 61.0 Å². The molecule has 19 nitrogen and oxygen atoms in total. The first kappa shape index (κ1) is 100. The highest BCUT2D eigenvalue weighted by atomic mass is 16.8. The standard InChI is InChI=1S/C90H161NO18/c1-3-5-7-9-11-13-15-17-19-21-23-25-27-29-31-33-35-36-38-39-41-43-45-47-49-51-53-55-57-59-61-63-65-67-74(95)73(91-78(96)68-66-64-62-60-58-56-54-52-50-48-46-44-42-40-37-34-32-30-28-26-24-22-20-18-16-14-12-10-8-6-4-2)72-104-88-84(102)81(99)86(76(70-93)106-88)109-90-85(103)82(100)87(77(71-94)107-90)108-89-83(101)80(98)79(97)75(69-92)105-89/h6,8,12,14,18,20,24,26,30,32,37,40,44,46,73-77,79-90,92-95,97-103H,3-5,7,9-11,13,15-17,19,21-23,25,27-29,31,33-36,38-39,41-43,45,47-72H2,1-2H3,(H,91,96)/b8-6-,14-12-,20-18-,26-24-,32-30-,40-37-,46-44-. The van der Waals surface area contributed by atoms with Gasteiger partial charge in [0.1, 0.15) is 73.2 Å². The summed E-state index contributed by atoms with van der Waals surface area (Å²) in [6.07, 6.45) is 66.8. The van der Waals surface area contributed by atoms with Crippen LogP contribution >= 0.6 is 0 Å². The number of hydrogen-bond acceptors (Lipinski definition) is 18. The maximum atomic E-state index is 13.5. The van der Waals surface area contributed by atoms with E-state index in [1.807, 2.05) is 0 Å². The molecular formula is C90H161NO18. The molecule has 17 atom stereocenters. The van der Waals surface area contributed by atoms with Gasteiger partial charge in [0, 0.05) is 6.42 Å². The van der Waals surface area contributed by atoms with Gasteiger partial charge in [0.2, 0.25) is 5.91 Å². The maximum Gasteiger partial charge on any atom is 0.220 e. The van der Waals surface area contributed by atoms with Gasteiger partial charge in [-0.2, -0.15) is 0 Å². The third-order valence-electron chi connectivity index (χ3n) is 21.7. The molecule has 3 heterocycles. The summed E-state index contributed by atoms with van der Waals surface area (Å²) in [5, 5.41) is 121. The molecular weight excluding hydrogens is 1380 g/mol. The van der Waals surface area contributed by atoms with Crippen molar-refractivity contribution in [1.82, 2.24) is 5.32 Å². The monoisotopic (exact) mass is 1540 g/mol. The van der Waals surface area contributed by atoms with Crippen LogP contribution in [0.2, 0.25) is 0 Å². The van der Waals surface area contributed by atoms with Crippen molar-refractivity contribution in [3.8, 4) is 0 Å². The van der Waals surface area contributed by atoms with Gasteiger partial charge in [-0.25, -0.2) is 0 Å². The summed E-state index contributed by atoms with van der Waals surface area (Å²) in [4.78, 5) is 13.5. The van der Waals surface area contributed by atoms with Crippen molar-refractivity contribution in [1.29, 1.82) is 0 Å². The summed E-state index contributed by atoms with van der Waals surface area (Å²) in [5.74, 6) is -0.248. The Bertz CT molecular complexity index is 2300. The number of amides is 1. The van der Waals surface area contributed by atoms with Crippen LogP contribution in [-0.2, 0) is 33.2 Å². The predicted octanol–water partition coefficient (Wildman–Crippen LogP) is 16.5. The quantitative estimate of drug-likeness (QED) is 0.0199. The number of allylic oxidation sites excluding steroid dienone is 14. The molecule has 0 radical (unpaired) electrons. The highest BCUT2D eigenvalue weighted by Gasteiger charge is 2.54. The second-order valence-electron chi connectivity index (χ2n) is 31.3. The first-order valence-electron chi connectivity index (χ1n) is 44.3. The molecule has 634 valence electrons. The van der Waals surface area contributed by atoms with E-state index < -0.39 is 124 Å². The molecule has 3 fully saturated rings. The van der Waals surface area contributed by atoms with Crippen molar-refractivity contribution in [2.75, 3.05) is 26.4 Å². The van der Waals surface area contributed by atoms with E-state index in [1.165, 1.54) is 212 Å². The summed E-state index contributed by atoms with van der Waals surface area (Å²) in [7, 11) is 0. The van der Waals surface area contributed by atoms with Crippen LogP contribution in [0.3, 0.4) is 0 Å². The van der Waals surface area contributed by atoms with Crippen LogP contribution in [0.1, 0.15) is 348 Å². The highest BCUT2D eigenvalue weighted by molar-refractivity contribution is 5.76. The van der Waals surface area contributed by atoms with Gasteiger partial charge in [0.05, 0.1) is 38.6 Å². The third-order valence-corrected chi connectivity index (χ3v) is 21.7. The van der Waals surface area contributed by atoms with Gasteiger partial charge in [0.15, 0.2) is 18.9 Å². The molecule has 0 aromatic heterocycles. The number of carbonyl (C=O) groups is 1. The Morgan fingerprint density at radius 1 is 0.339 bits per heavy atom. The minimum atomic E-state index is -1.98. The molecule has 17 unspecified atom stereocenters. The fourth-order valence-corrected chi connectivity index (χ4v) is 14.7. The molecule has 0 spiro atoms. The van der Waals surface area contributed by atoms with Crippen molar-refractivity contribution in [2.24, 2.45) is 0 Å². The number of nitrogens with one attached hydrogen (secondary N) is 1. The number of rotatable bonds is 71. The molecule has 1 amide bonds. The smallest absolute Gasteiger partial charge is 0.220 e. The molecule has 0 bridgehead atoms. The van der Waals surface area contributed by atoms with E-state index in [-0.39, 0.29) is 18.9 Å². The summed E-state index contributed by atoms with van der Waals surface area (Å²) < 4.78 is 34.6. The van der Waals surface area contributed by atoms with Gasteiger partial charge in [-0.05, 0) is 70.6 Å². The predicted molar refractivity (Wildman–Crippen MR) is 438 cm³/mol. The highest BCUT2D eigenvalue weighted by Crippen LogP contribution is 2.34. The lowest BCUT2D eigenvalue weighted by Gasteiger charge is -2.48. The van der Waals surface area contributed by atoms with Crippen LogP contribution in [0.15, 0.2) is 85.1 Å². The van der Waals surface area contributed by atoms with Crippen LogP contribution in [-0.4, -0.2) is 193 Å². The molecule has 0 saturated carbocycles. The van der Waals surface area contributed by atoms with Gasteiger partial charge >= 0.3 is 0 Å². The molecule has 3 saturated heterocycles. The maximum absolute atomic E-state index is 13.5. The lowest BCUT2D eigenvalue weighted by atomic mass is 9.96. The third kappa shape index (κ3) is 48.2. The SMILES string of the molecule is CC/C=C\C/C=C\C/C=C\C/C=C\C/C=C\C/C=C\C/C=C\CCCCCCCCCCCC(=O)NC(COC1OC(CO)C(OC2OC(CO)C(OC3OC(CO)C(O)C(O)C3O)C(O)C2O)C(O)C1O)C(O)CCCCCCCCCCCCCCCCCCCCCCCCCCCCCCCCCCC. The average Bonchev–Trinajstić information content (AvgIpc) is 0.782. The Morgan fingerprint density at radius 3 is 0.991 bits per heavy atom. The zero-order chi connectivity index (χ0) is 78.8. The van der Waals surface area contributed by atoms with E-state index in [0.717, 1.165) is 103 Å². The molecule has 3 aliphatic rings. The second-order valence-corrected chi connectivity index (χ2v) is 31.3. The fourth-order valence-electron chi connectivity index (χ4n) is 14.7. The average molecular weight is 1550 g/mol. The molecule has 3 aliphatic heterocycles. The number of aliphatic hydroxyl groups excluding tert-OH is 11. The van der Waals surface area contributed by atoms with Gasteiger partial charge in [-0.15, -0.1) is 0 Å². The zero-order valence-electron chi connectivity index (χ0n) is 68.3. The first-order valence-corrected chi connectivity index (χ1v) is 44.3. The topological polar surface area (TPSA) is 307 Å². The van der Waals surface area contributed by atoms with Crippen molar-refractivity contribution < 1.29 is 89.4 Å². The van der Waals surface area contributed by atoms with Crippen LogP contribution in [0.4, 0.5) is 0 Å². The minimum absolute atomic E-state index is 0.248. The second kappa shape index (κ2) is 69.3. The van der Waals surface area contributed by atoms with E-state index in [4.69, 9.17) is 28.4 Å². The van der Waals surface area contributed by atoms with Gasteiger partial charge in [0.25, 0.3) is 0 Å². The molecule has 12 N–H and O–H groups in total. The molecule has 19 heteroatoms. The Balaban J connectivity index is 1.34. The normalized spacial score (nSPS) is 25.7. The Hall–Kier alpha value is -3.03. The van der Waals surface area contributed by atoms with E-state index in [2.05, 4.69) is 104 Å². The number of ether oxygens (including phenoxy) is 6. The lowest BCUT2D eigenvalue weighted by Crippen LogP contribution is -2.66. The Morgan fingerprint density at radius 2 is 0.633 bits per heavy atom. The molecule has 109 heavy (non-hydrogen) atoms. The molecule has 0 aliphatic carbocycles. The zero-order valence-corrected chi connectivity index (χ0v) is 68.3. The van der Waals surface area contributed by atoms with Crippen LogP contribution in [0, 0.1) is 0 Å². The summed E-state index contributed by atoms with van der Waals surface area (Å²) in [5.41, 5.74) is 0. The van der Waals surface area contributed by atoms with Crippen molar-refractivity contribution >= 4 is 5.91 Å². The van der Waals surface area contributed by atoms with Crippen LogP contribution in [0.25, 0.3) is 0 Å². The molecule has 0 aromatic carbocycles. The van der Waals surface area contributed by atoms with E-state index >= 15 is 0 Å². The largest absolute Gasteiger partial charge is 0.394 e. The van der Waals surface area contributed by atoms with Gasteiger partial charge in [-0.3, -0.25) is 4.79 Å². The fraction of sp³-hybridized carbons (Fsp3) is 0.833. The number of hydrogen-bond donors (Lipinski definition) is 12. The summed E-state index contributed by atoms with van der Waals surface area (Å²) in [6, 6.07) is -0.899. The van der Waals surface area contributed by atoms with Gasteiger partial charge in [-0.1, -0.05) is 356 Å². The number of carbonyl (C=O) groups excluding carboxylic acids is 1. The number of aliphatic hydroxyl groups is 11. The van der Waals surface area contributed by atoms with Crippen LogP contribution < -0.4 is 5.32 Å². The minimum Gasteiger partial charge on any atom is -0.394 e. The summed E-state index contributed by atoms with van der Waals surface area (Å²) in [6.45, 7) is 1.73. The van der Waals surface area contributed by atoms with Crippen molar-refractivity contribution in [3.05, 3.63) is 85.1 Å². The van der Waals surface area contributed by atoms with E-state index in [1.54, 1.807) is 0 Å².